The number of benzene rings is 3. The third kappa shape index (κ3) is 7.06. The van der Waals surface area contributed by atoms with E-state index in [9.17, 15) is 0 Å². The minimum Gasteiger partial charge on any atom is -0.341 e. The minimum absolute atomic E-state index is 1.02. The second kappa shape index (κ2) is 12.3. The molecule has 0 unspecified atom stereocenters. The van der Waals surface area contributed by atoms with Gasteiger partial charge in [-0.25, -0.2) is 0 Å². The van der Waals surface area contributed by atoms with Gasteiger partial charge in [-0.15, -0.1) is 0 Å². The van der Waals surface area contributed by atoms with Gasteiger partial charge >= 0.3 is 0 Å². The highest BCUT2D eigenvalue weighted by Crippen LogP contribution is 2.24. The maximum atomic E-state index is 3.60. The third-order valence-corrected chi connectivity index (χ3v) is 5.74. The molecule has 0 aliphatic rings. The van der Waals surface area contributed by atoms with E-state index in [2.05, 4.69) is 101 Å². The van der Waals surface area contributed by atoms with Crippen LogP contribution in [0.4, 0.5) is 11.4 Å². The lowest BCUT2D eigenvalue weighted by Gasteiger charge is -2.25. The molecule has 1 N–H and O–H groups in total. The summed E-state index contributed by atoms with van der Waals surface area (Å²) in [5, 5.41) is 3.60. The van der Waals surface area contributed by atoms with Gasteiger partial charge in [-0.1, -0.05) is 66.7 Å². The standard InChI is InChI=1S/C25H30N2S/c1-4-12-23(13-5-1)22-28-21-11-19-26-18-10-20-27(24-14-6-2-7-15-24)25-16-8-3-9-17-25/h1-9,12-17,26H,10-11,18-22H2. The Labute approximate surface area is 174 Å². The summed E-state index contributed by atoms with van der Waals surface area (Å²) >= 11 is 2.02. The van der Waals surface area contributed by atoms with Gasteiger partial charge in [0.25, 0.3) is 0 Å². The molecule has 0 aliphatic carbocycles. The molecular formula is C25H30N2S. The van der Waals surface area contributed by atoms with Crippen LogP contribution < -0.4 is 10.2 Å². The molecule has 0 radical (unpaired) electrons. The molecule has 28 heavy (non-hydrogen) atoms. The molecule has 3 rings (SSSR count). The van der Waals surface area contributed by atoms with Crippen molar-refractivity contribution in [1.82, 2.24) is 5.32 Å². The Hall–Kier alpha value is -2.23. The summed E-state index contributed by atoms with van der Waals surface area (Å²) < 4.78 is 0. The van der Waals surface area contributed by atoms with E-state index in [1.165, 1.54) is 29.1 Å². The van der Waals surface area contributed by atoms with Crippen molar-refractivity contribution in [1.29, 1.82) is 0 Å². The maximum absolute atomic E-state index is 3.60. The number of rotatable bonds is 12. The normalized spacial score (nSPS) is 10.7. The molecule has 0 saturated heterocycles. The first-order valence-corrected chi connectivity index (χ1v) is 11.3. The van der Waals surface area contributed by atoms with Gasteiger partial charge in [-0.2, -0.15) is 11.8 Å². The largest absolute Gasteiger partial charge is 0.341 e. The average molecular weight is 391 g/mol. The van der Waals surface area contributed by atoms with Crippen molar-refractivity contribution in [2.75, 3.05) is 30.3 Å². The fraction of sp³-hybridized carbons (Fsp3) is 0.280. The molecule has 2 nitrogen and oxygen atoms in total. The van der Waals surface area contributed by atoms with Crippen LogP contribution in [-0.2, 0) is 5.75 Å². The molecule has 146 valence electrons. The van der Waals surface area contributed by atoms with Gasteiger partial charge in [-0.05, 0) is 61.5 Å². The smallest absolute Gasteiger partial charge is 0.0410 e. The Kier molecular flexibility index (Phi) is 8.99. The highest BCUT2D eigenvalue weighted by Gasteiger charge is 2.07. The van der Waals surface area contributed by atoms with Gasteiger partial charge in [-0.3, -0.25) is 0 Å². The van der Waals surface area contributed by atoms with Crippen molar-refractivity contribution in [3.63, 3.8) is 0 Å². The molecule has 3 aromatic rings. The van der Waals surface area contributed by atoms with E-state index >= 15 is 0 Å². The van der Waals surface area contributed by atoms with Crippen molar-refractivity contribution in [2.24, 2.45) is 0 Å². The average Bonchev–Trinajstić information content (AvgIpc) is 2.77. The van der Waals surface area contributed by atoms with Crippen molar-refractivity contribution < 1.29 is 0 Å². The van der Waals surface area contributed by atoms with Crippen LogP contribution in [0.3, 0.4) is 0 Å². The first kappa shape index (κ1) is 20.5. The highest BCUT2D eigenvalue weighted by molar-refractivity contribution is 7.98. The summed E-state index contributed by atoms with van der Waals surface area (Å²) in [6.07, 6.45) is 2.35. The van der Waals surface area contributed by atoms with Crippen LogP contribution in [0, 0.1) is 0 Å². The van der Waals surface area contributed by atoms with Gasteiger partial charge in [0.1, 0.15) is 0 Å². The zero-order chi connectivity index (χ0) is 19.3. The molecule has 0 fully saturated rings. The van der Waals surface area contributed by atoms with Gasteiger partial charge in [0.15, 0.2) is 0 Å². The van der Waals surface area contributed by atoms with E-state index in [1.54, 1.807) is 0 Å². The number of thioether (sulfide) groups is 1. The highest BCUT2D eigenvalue weighted by atomic mass is 32.2. The molecule has 0 saturated carbocycles. The number of hydrogen-bond donors (Lipinski definition) is 1. The molecule has 3 heteroatoms. The topological polar surface area (TPSA) is 15.3 Å². The summed E-state index contributed by atoms with van der Waals surface area (Å²) in [6, 6.07) is 32.0. The molecule has 3 aromatic carbocycles. The summed E-state index contributed by atoms with van der Waals surface area (Å²) in [5.41, 5.74) is 3.93. The SMILES string of the molecule is c1ccc(CSCCCNCCCN(c2ccccc2)c2ccccc2)cc1. The van der Waals surface area contributed by atoms with Crippen LogP contribution in [-0.4, -0.2) is 25.4 Å². The number of nitrogens with one attached hydrogen (secondary N) is 1. The quantitative estimate of drug-likeness (QED) is 0.375. The van der Waals surface area contributed by atoms with Crippen LogP contribution >= 0.6 is 11.8 Å². The first-order valence-electron chi connectivity index (χ1n) is 10.1. The van der Waals surface area contributed by atoms with E-state index < -0.39 is 0 Å². The van der Waals surface area contributed by atoms with Crippen LogP contribution in [0.15, 0.2) is 91.0 Å². The minimum atomic E-state index is 1.02. The number of anilines is 2. The molecular weight excluding hydrogens is 360 g/mol. The van der Waals surface area contributed by atoms with Gasteiger partial charge in [0.2, 0.25) is 0 Å². The summed E-state index contributed by atoms with van der Waals surface area (Å²) in [7, 11) is 0. The molecule has 0 heterocycles. The Balaban J connectivity index is 1.32. The lowest BCUT2D eigenvalue weighted by molar-refractivity contribution is 0.644. The molecule has 0 amide bonds. The lowest BCUT2D eigenvalue weighted by atomic mass is 10.2. The van der Waals surface area contributed by atoms with Crippen LogP contribution in [0.5, 0.6) is 0 Å². The summed E-state index contributed by atoms with van der Waals surface area (Å²) in [4.78, 5) is 2.40. The number of nitrogens with zero attached hydrogens (tertiary/aromatic N) is 1. The van der Waals surface area contributed by atoms with Crippen LogP contribution in [0.25, 0.3) is 0 Å². The molecule has 0 atom stereocenters. The van der Waals surface area contributed by atoms with Crippen molar-refractivity contribution in [3.05, 3.63) is 96.6 Å². The van der Waals surface area contributed by atoms with Gasteiger partial charge in [0, 0.05) is 23.7 Å². The van der Waals surface area contributed by atoms with Crippen LogP contribution in [0.2, 0.25) is 0 Å². The second-order valence-electron chi connectivity index (χ2n) is 6.82. The zero-order valence-electron chi connectivity index (χ0n) is 16.5. The second-order valence-corrected chi connectivity index (χ2v) is 7.92. The Morgan fingerprint density at radius 3 is 1.79 bits per heavy atom. The van der Waals surface area contributed by atoms with Crippen molar-refractivity contribution >= 4 is 23.1 Å². The predicted octanol–water partition coefficient (Wildman–Crippen LogP) is 6.13. The van der Waals surface area contributed by atoms with Crippen molar-refractivity contribution in [3.8, 4) is 0 Å². The lowest BCUT2D eigenvalue weighted by Crippen LogP contribution is -2.24. The van der Waals surface area contributed by atoms with Crippen molar-refractivity contribution in [2.45, 2.75) is 18.6 Å². The van der Waals surface area contributed by atoms with Crippen LogP contribution in [0.1, 0.15) is 18.4 Å². The summed E-state index contributed by atoms with van der Waals surface area (Å²) in [6.45, 7) is 3.17. The maximum Gasteiger partial charge on any atom is 0.0410 e. The monoisotopic (exact) mass is 390 g/mol. The summed E-state index contributed by atoms with van der Waals surface area (Å²) in [5.74, 6) is 2.33. The van der Waals surface area contributed by atoms with E-state index in [4.69, 9.17) is 0 Å². The number of hydrogen-bond acceptors (Lipinski definition) is 3. The molecule has 0 aromatic heterocycles. The van der Waals surface area contributed by atoms with Gasteiger partial charge in [0.05, 0.1) is 0 Å². The molecule has 0 spiro atoms. The fourth-order valence-electron chi connectivity index (χ4n) is 3.17. The van der Waals surface area contributed by atoms with Gasteiger partial charge < -0.3 is 10.2 Å². The predicted molar refractivity (Wildman–Crippen MR) is 125 cm³/mol. The van der Waals surface area contributed by atoms with E-state index in [0.717, 1.165) is 31.8 Å². The van der Waals surface area contributed by atoms with E-state index in [0.29, 0.717) is 0 Å². The number of para-hydroxylation sites is 2. The molecule has 0 bridgehead atoms. The van der Waals surface area contributed by atoms with E-state index in [1.807, 2.05) is 11.8 Å². The van der Waals surface area contributed by atoms with E-state index in [-0.39, 0.29) is 0 Å². The Bertz CT molecular complexity index is 723. The zero-order valence-corrected chi connectivity index (χ0v) is 17.3. The fourth-order valence-corrected chi connectivity index (χ4v) is 4.09. The molecule has 0 aliphatic heterocycles. The third-order valence-electron chi connectivity index (χ3n) is 4.62. The Morgan fingerprint density at radius 2 is 1.18 bits per heavy atom. The first-order chi connectivity index (χ1) is 13.9. The Morgan fingerprint density at radius 1 is 0.643 bits per heavy atom.